The number of rotatable bonds is 6. The summed E-state index contributed by atoms with van der Waals surface area (Å²) in [5.74, 6) is -0.405. The van der Waals surface area contributed by atoms with Crippen LogP contribution in [0.15, 0.2) is 91.0 Å². The van der Waals surface area contributed by atoms with Crippen molar-refractivity contribution in [1.82, 2.24) is 0 Å². The molecule has 0 aliphatic heterocycles. The fourth-order valence-corrected chi connectivity index (χ4v) is 2.29. The molecule has 0 aromatic heterocycles. The summed E-state index contributed by atoms with van der Waals surface area (Å²) < 4.78 is 11.4. The topological polar surface area (TPSA) is 35.5 Å². The molecule has 3 aromatic carbocycles. The predicted molar refractivity (Wildman–Crippen MR) is 92.3 cm³/mol. The van der Waals surface area contributed by atoms with E-state index >= 15 is 0 Å². The Bertz CT molecular complexity index is 755. The van der Waals surface area contributed by atoms with E-state index in [-0.39, 0.29) is 0 Å². The maximum Gasteiger partial charge on any atom is 0.340 e. The molecule has 120 valence electrons. The van der Waals surface area contributed by atoms with Gasteiger partial charge in [0.25, 0.3) is 0 Å². The van der Waals surface area contributed by atoms with Crippen LogP contribution in [-0.4, -0.2) is 5.97 Å². The number of esters is 1. The van der Waals surface area contributed by atoms with Crippen molar-refractivity contribution in [2.45, 2.75) is 12.9 Å². The summed E-state index contributed by atoms with van der Waals surface area (Å²) in [7, 11) is 0. The highest BCUT2D eigenvalue weighted by atomic mass is 16.7. The zero-order valence-corrected chi connectivity index (χ0v) is 13.2. The Labute approximate surface area is 141 Å². The maximum absolute atomic E-state index is 12.3. The largest absolute Gasteiger partial charge is 0.428 e. The van der Waals surface area contributed by atoms with E-state index in [2.05, 4.69) is 0 Å². The second kappa shape index (κ2) is 8.09. The molecule has 0 saturated heterocycles. The first-order valence-electron chi connectivity index (χ1n) is 7.79. The molecule has 3 rings (SSSR count). The van der Waals surface area contributed by atoms with E-state index in [0.717, 1.165) is 11.1 Å². The minimum absolute atomic E-state index is 0.364. The van der Waals surface area contributed by atoms with Crippen molar-refractivity contribution >= 4 is 5.97 Å². The van der Waals surface area contributed by atoms with Crippen LogP contribution in [0.3, 0.4) is 0 Å². The van der Waals surface area contributed by atoms with Crippen LogP contribution in [0.5, 0.6) is 0 Å². The van der Waals surface area contributed by atoms with Crippen LogP contribution in [-0.2, 0) is 16.1 Å². The highest BCUT2D eigenvalue weighted by Gasteiger charge is 2.18. The molecule has 0 fully saturated rings. The van der Waals surface area contributed by atoms with Gasteiger partial charge in [0.1, 0.15) is 0 Å². The molecule has 0 saturated carbocycles. The fraction of sp³-hybridized carbons (Fsp3) is 0.0952. The van der Waals surface area contributed by atoms with Gasteiger partial charge in [-0.25, -0.2) is 4.79 Å². The van der Waals surface area contributed by atoms with Crippen LogP contribution in [0, 0.1) is 0 Å². The van der Waals surface area contributed by atoms with Crippen molar-refractivity contribution in [3.05, 3.63) is 108 Å². The molecule has 0 bridgehead atoms. The number of carbonyl (C=O) groups is 1. The molecule has 24 heavy (non-hydrogen) atoms. The van der Waals surface area contributed by atoms with Gasteiger partial charge in [0.15, 0.2) is 0 Å². The Kier molecular flexibility index (Phi) is 5.38. The van der Waals surface area contributed by atoms with Crippen LogP contribution in [0.2, 0.25) is 0 Å². The fourth-order valence-electron chi connectivity index (χ4n) is 2.29. The van der Waals surface area contributed by atoms with Crippen molar-refractivity contribution in [2.24, 2.45) is 0 Å². The molecular weight excluding hydrogens is 300 g/mol. The first-order chi connectivity index (χ1) is 11.8. The third kappa shape index (κ3) is 4.31. The molecule has 3 nitrogen and oxygen atoms in total. The zero-order valence-electron chi connectivity index (χ0n) is 13.2. The molecule has 1 atom stereocenters. The lowest BCUT2D eigenvalue weighted by Crippen LogP contribution is -2.14. The monoisotopic (exact) mass is 318 g/mol. The minimum Gasteiger partial charge on any atom is -0.428 e. The molecule has 3 heteroatoms. The zero-order chi connectivity index (χ0) is 16.6. The molecule has 0 N–H and O–H groups in total. The molecule has 0 aliphatic carbocycles. The molecule has 1 unspecified atom stereocenters. The average Bonchev–Trinajstić information content (AvgIpc) is 2.67. The van der Waals surface area contributed by atoms with Gasteiger partial charge in [0.2, 0.25) is 6.29 Å². The minimum atomic E-state index is -0.751. The summed E-state index contributed by atoms with van der Waals surface area (Å²) in [5, 5.41) is 0. The van der Waals surface area contributed by atoms with E-state index in [9.17, 15) is 4.79 Å². The average molecular weight is 318 g/mol. The molecular formula is C21H18O3. The van der Waals surface area contributed by atoms with E-state index in [1.165, 1.54) is 0 Å². The molecule has 0 amide bonds. The lowest BCUT2D eigenvalue weighted by Gasteiger charge is -2.19. The normalized spacial score (nSPS) is 11.7. The van der Waals surface area contributed by atoms with Crippen molar-refractivity contribution in [3.8, 4) is 0 Å². The number of hydrogen-bond acceptors (Lipinski definition) is 3. The Morgan fingerprint density at radius 2 is 1.29 bits per heavy atom. The first kappa shape index (κ1) is 16.0. The summed E-state index contributed by atoms with van der Waals surface area (Å²) in [6.07, 6.45) is -0.751. The Hall–Kier alpha value is -2.91. The third-order valence-electron chi connectivity index (χ3n) is 3.54. The van der Waals surface area contributed by atoms with Gasteiger partial charge in [-0.3, -0.25) is 0 Å². The van der Waals surface area contributed by atoms with E-state index in [1.54, 1.807) is 24.3 Å². The molecule has 0 heterocycles. The van der Waals surface area contributed by atoms with Gasteiger partial charge in [-0.05, 0) is 17.7 Å². The Morgan fingerprint density at radius 3 is 1.92 bits per heavy atom. The van der Waals surface area contributed by atoms with Crippen LogP contribution in [0.1, 0.15) is 27.8 Å². The van der Waals surface area contributed by atoms with Gasteiger partial charge in [-0.2, -0.15) is 0 Å². The molecule has 0 radical (unpaired) electrons. The van der Waals surface area contributed by atoms with E-state index in [0.29, 0.717) is 12.2 Å². The molecule has 0 aliphatic rings. The van der Waals surface area contributed by atoms with Gasteiger partial charge in [0, 0.05) is 5.56 Å². The predicted octanol–water partition coefficient (Wildman–Crippen LogP) is 4.76. The van der Waals surface area contributed by atoms with Crippen LogP contribution in [0.25, 0.3) is 0 Å². The van der Waals surface area contributed by atoms with E-state index < -0.39 is 12.3 Å². The summed E-state index contributed by atoms with van der Waals surface area (Å²) in [6.45, 7) is 0.364. The number of carbonyl (C=O) groups excluding carboxylic acids is 1. The van der Waals surface area contributed by atoms with Gasteiger partial charge in [-0.1, -0.05) is 78.9 Å². The maximum atomic E-state index is 12.3. The summed E-state index contributed by atoms with van der Waals surface area (Å²) >= 11 is 0. The highest BCUT2D eigenvalue weighted by Crippen LogP contribution is 2.22. The van der Waals surface area contributed by atoms with Crippen molar-refractivity contribution in [1.29, 1.82) is 0 Å². The van der Waals surface area contributed by atoms with Gasteiger partial charge >= 0.3 is 5.97 Å². The van der Waals surface area contributed by atoms with Crippen LogP contribution in [0.4, 0.5) is 0 Å². The SMILES string of the molecule is O=C(OC(OCc1ccccc1)c1ccccc1)c1ccccc1. The number of benzene rings is 3. The second-order valence-electron chi connectivity index (χ2n) is 5.31. The molecule has 3 aromatic rings. The van der Waals surface area contributed by atoms with Gasteiger partial charge in [0.05, 0.1) is 12.2 Å². The second-order valence-corrected chi connectivity index (χ2v) is 5.31. The highest BCUT2D eigenvalue weighted by molar-refractivity contribution is 5.89. The Morgan fingerprint density at radius 1 is 0.750 bits per heavy atom. The standard InChI is InChI=1S/C21H18O3/c22-20(18-12-6-2-7-13-18)24-21(19-14-8-3-9-15-19)23-16-17-10-4-1-5-11-17/h1-15,21H,16H2. The van der Waals surface area contributed by atoms with Crippen molar-refractivity contribution < 1.29 is 14.3 Å². The van der Waals surface area contributed by atoms with Crippen molar-refractivity contribution in [3.63, 3.8) is 0 Å². The third-order valence-corrected chi connectivity index (χ3v) is 3.54. The number of hydrogen-bond donors (Lipinski definition) is 0. The summed E-state index contributed by atoms with van der Waals surface area (Å²) in [5.41, 5.74) is 2.33. The quantitative estimate of drug-likeness (QED) is 0.485. The van der Waals surface area contributed by atoms with Crippen LogP contribution >= 0.6 is 0 Å². The smallest absolute Gasteiger partial charge is 0.340 e. The van der Waals surface area contributed by atoms with Crippen LogP contribution < -0.4 is 0 Å². The lowest BCUT2D eigenvalue weighted by atomic mass is 10.2. The van der Waals surface area contributed by atoms with Gasteiger partial charge < -0.3 is 9.47 Å². The van der Waals surface area contributed by atoms with Crippen molar-refractivity contribution in [2.75, 3.05) is 0 Å². The lowest BCUT2D eigenvalue weighted by molar-refractivity contribution is -0.121. The van der Waals surface area contributed by atoms with Gasteiger partial charge in [-0.15, -0.1) is 0 Å². The summed E-state index contributed by atoms with van der Waals surface area (Å²) in [4.78, 5) is 12.3. The molecule has 0 spiro atoms. The number of ether oxygens (including phenoxy) is 2. The first-order valence-corrected chi connectivity index (χ1v) is 7.79. The Balaban J connectivity index is 1.74. The van der Waals surface area contributed by atoms with E-state index in [4.69, 9.17) is 9.47 Å². The summed E-state index contributed by atoms with van der Waals surface area (Å²) in [6, 6.07) is 28.2. The van der Waals surface area contributed by atoms with E-state index in [1.807, 2.05) is 66.7 Å².